The molecule has 0 saturated carbocycles. The fourth-order valence-corrected chi connectivity index (χ4v) is 1.78. The lowest BCUT2D eigenvalue weighted by atomic mass is 10.1. The number of methoxy groups -OCH3 is 3. The van der Waals surface area contributed by atoms with Gasteiger partial charge in [-0.1, -0.05) is 6.08 Å². The van der Waals surface area contributed by atoms with Crippen LogP contribution in [0.4, 0.5) is 0 Å². The number of hydrogen-bond donors (Lipinski definition) is 0. The van der Waals surface area contributed by atoms with Crippen molar-refractivity contribution in [2.45, 2.75) is 0 Å². The van der Waals surface area contributed by atoms with E-state index in [0.29, 0.717) is 17.2 Å². The van der Waals surface area contributed by atoms with Crippen LogP contribution in [0.5, 0.6) is 17.2 Å². The van der Waals surface area contributed by atoms with Gasteiger partial charge in [0, 0.05) is 5.56 Å². The molecule has 4 heteroatoms. The molecule has 1 heterocycles. The molecule has 90 valence electrons. The Hall–Kier alpha value is -1.97. The summed E-state index contributed by atoms with van der Waals surface area (Å²) < 4.78 is 15.9. The second kappa shape index (κ2) is 4.91. The maximum absolute atomic E-state index is 5.29. The molecule has 0 N–H and O–H groups in total. The lowest BCUT2D eigenvalue weighted by Crippen LogP contribution is -2.00. The third-order valence-electron chi connectivity index (χ3n) is 2.60. The molecule has 1 aromatic carbocycles. The molecule has 0 amide bonds. The first kappa shape index (κ1) is 11.5. The second-order valence-corrected chi connectivity index (χ2v) is 3.54. The Balaban J connectivity index is 2.52. The highest BCUT2D eigenvalue weighted by molar-refractivity contribution is 6.10. The summed E-state index contributed by atoms with van der Waals surface area (Å²) in [4.78, 5) is 4.37. The molecule has 0 aromatic heterocycles. The van der Waals surface area contributed by atoms with Gasteiger partial charge in [-0.25, -0.2) is 0 Å². The SMILES string of the molecule is COc1cc(C2=NCC=C2)cc(OC)c1OC. The number of ether oxygens (including phenoxy) is 3. The van der Waals surface area contributed by atoms with Crippen molar-refractivity contribution >= 4 is 5.71 Å². The summed E-state index contributed by atoms with van der Waals surface area (Å²) in [6.07, 6.45) is 4.00. The van der Waals surface area contributed by atoms with Gasteiger partial charge in [-0.2, -0.15) is 0 Å². The zero-order valence-corrected chi connectivity index (χ0v) is 10.2. The average Bonchev–Trinajstić information content (AvgIpc) is 2.90. The summed E-state index contributed by atoms with van der Waals surface area (Å²) in [6, 6.07) is 3.80. The fraction of sp³-hybridized carbons (Fsp3) is 0.308. The largest absolute Gasteiger partial charge is 0.493 e. The highest BCUT2D eigenvalue weighted by Crippen LogP contribution is 2.38. The van der Waals surface area contributed by atoms with Gasteiger partial charge in [0.05, 0.1) is 33.6 Å². The fourth-order valence-electron chi connectivity index (χ4n) is 1.78. The Bertz CT molecular complexity index is 453. The Morgan fingerprint density at radius 1 is 1.00 bits per heavy atom. The van der Waals surface area contributed by atoms with E-state index in [4.69, 9.17) is 14.2 Å². The molecule has 0 saturated heterocycles. The van der Waals surface area contributed by atoms with E-state index >= 15 is 0 Å². The van der Waals surface area contributed by atoms with Crippen molar-refractivity contribution < 1.29 is 14.2 Å². The molecule has 0 radical (unpaired) electrons. The first-order chi connectivity index (χ1) is 8.30. The summed E-state index contributed by atoms with van der Waals surface area (Å²) in [5.41, 5.74) is 1.90. The van der Waals surface area contributed by atoms with E-state index in [2.05, 4.69) is 4.99 Å². The number of aliphatic imine (C=N–C) groups is 1. The van der Waals surface area contributed by atoms with Crippen LogP contribution in [-0.2, 0) is 0 Å². The molecule has 0 spiro atoms. The van der Waals surface area contributed by atoms with E-state index < -0.39 is 0 Å². The molecule has 4 nitrogen and oxygen atoms in total. The minimum absolute atomic E-state index is 0.598. The second-order valence-electron chi connectivity index (χ2n) is 3.54. The molecular formula is C13H15NO3. The van der Waals surface area contributed by atoms with E-state index in [1.165, 1.54) is 0 Å². The monoisotopic (exact) mass is 233 g/mol. The van der Waals surface area contributed by atoms with Gasteiger partial charge in [-0.3, -0.25) is 4.99 Å². The lowest BCUT2D eigenvalue weighted by Gasteiger charge is -2.13. The maximum Gasteiger partial charge on any atom is 0.203 e. The van der Waals surface area contributed by atoms with Gasteiger partial charge < -0.3 is 14.2 Å². The van der Waals surface area contributed by atoms with Gasteiger partial charge in [0.15, 0.2) is 11.5 Å². The van der Waals surface area contributed by atoms with Crippen LogP contribution in [0.2, 0.25) is 0 Å². The van der Waals surface area contributed by atoms with E-state index in [9.17, 15) is 0 Å². The summed E-state index contributed by atoms with van der Waals surface area (Å²) in [6.45, 7) is 0.728. The Morgan fingerprint density at radius 3 is 2.06 bits per heavy atom. The van der Waals surface area contributed by atoms with Crippen molar-refractivity contribution in [3.63, 3.8) is 0 Å². The van der Waals surface area contributed by atoms with Gasteiger partial charge in [0.25, 0.3) is 0 Å². The quantitative estimate of drug-likeness (QED) is 0.799. The van der Waals surface area contributed by atoms with Crippen LogP contribution in [0.3, 0.4) is 0 Å². The Labute approximate surface area is 101 Å². The minimum Gasteiger partial charge on any atom is -0.493 e. The number of rotatable bonds is 4. The first-order valence-corrected chi connectivity index (χ1v) is 5.31. The lowest BCUT2D eigenvalue weighted by molar-refractivity contribution is 0.324. The average molecular weight is 233 g/mol. The third kappa shape index (κ3) is 2.11. The molecule has 0 atom stereocenters. The number of nitrogens with zero attached hydrogens (tertiary/aromatic N) is 1. The van der Waals surface area contributed by atoms with Crippen LogP contribution in [-0.4, -0.2) is 33.6 Å². The van der Waals surface area contributed by atoms with Crippen LogP contribution < -0.4 is 14.2 Å². The van der Waals surface area contributed by atoms with Gasteiger partial charge in [0.2, 0.25) is 5.75 Å². The highest BCUT2D eigenvalue weighted by atomic mass is 16.5. The number of benzene rings is 1. The molecule has 0 aliphatic carbocycles. The molecule has 1 aliphatic heterocycles. The van der Waals surface area contributed by atoms with Crippen molar-refractivity contribution in [2.24, 2.45) is 4.99 Å². The molecule has 0 bridgehead atoms. The highest BCUT2D eigenvalue weighted by Gasteiger charge is 2.15. The summed E-state index contributed by atoms with van der Waals surface area (Å²) in [5, 5.41) is 0. The van der Waals surface area contributed by atoms with Gasteiger partial charge >= 0.3 is 0 Å². The van der Waals surface area contributed by atoms with Crippen molar-refractivity contribution in [3.8, 4) is 17.2 Å². The van der Waals surface area contributed by atoms with Gasteiger partial charge in [-0.15, -0.1) is 0 Å². The van der Waals surface area contributed by atoms with Crippen LogP contribution >= 0.6 is 0 Å². The normalized spacial score (nSPS) is 13.5. The zero-order chi connectivity index (χ0) is 12.3. The minimum atomic E-state index is 0.598. The smallest absolute Gasteiger partial charge is 0.203 e. The van der Waals surface area contributed by atoms with Crippen LogP contribution in [0.1, 0.15) is 5.56 Å². The van der Waals surface area contributed by atoms with Crippen molar-refractivity contribution in [2.75, 3.05) is 27.9 Å². The van der Waals surface area contributed by atoms with Crippen molar-refractivity contribution in [3.05, 3.63) is 29.8 Å². The van der Waals surface area contributed by atoms with Crippen LogP contribution in [0.25, 0.3) is 0 Å². The van der Waals surface area contributed by atoms with Gasteiger partial charge in [-0.05, 0) is 18.2 Å². The van der Waals surface area contributed by atoms with E-state index in [1.54, 1.807) is 21.3 Å². The molecule has 17 heavy (non-hydrogen) atoms. The standard InChI is InChI=1S/C13H15NO3/c1-15-11-7-9(10-5-4-6-14-10)8-12(16-2)13(11)17-3/h4-5,7-8H,6H2,1-3H3. The van der Waals surface area contributed by atoms with E-state index in [-0.39, 0.29) is 0 Å². The Kier molecular flexibility index (Phi) is 3.32. The zero-order valence-electron chi connectivity index (χ0n) is 10.2. The van der Waals surface area contributed by atoms with Crippen LogP contribution in [0, 0.1) is 0 Å². The van der Waals surface area contributed by atoms with E-state index in [0.717, 1.165) is 17.8 Å². The summed E-state index contributed by atoms with van der Waals surface area (Å²) in [5.74, 6) is 1.89. The molecule has 1 aromatic rings. The summed E-state index contributed by atoms with van der Waals surface area (Å²) >= 11 is 0. The molecule has 0 unspecified atom stereocenters. The first-order valence-electron chi connectivity index (χ1n) is 5.31. The van der Waals surface area contributed by atoms with Crippen LogP contribution in [0.15, 0.2) is 29.3 Å². The molecule has 0 fully saturated rings. The molecule has 2 rings (SSSR count). The molecular weight excluding hydrogens is 218 g/mol. The van der Waals surface area contributed by atoms with Gasteiger partial charge in [0.1, 0.15) is 0 Å². The van der Waals surface area contributed by atoms with E-state index in [1.807, 2.05) is 24.3 Å². The maximum atomic E-state index is 5.29. The molecule has 1 aliphatic rings. The predicted molar refractivity (Wildman–Crippen MR) is 66.6 cm³/mol. The van der Waals surface area contributed by atoms with Crippen molar-refractivity contribution in [1.82, 2.24) is 0 Å². The number of allylic oxidation sites excluding steroid dienone is 1. The summed E-state index contributed by atoms with van der Waals surface area (Å²) in [7, 11) is 4.80. The topological polar surface area (TPSA) is 40.0 Å². The third-order valence-corrected chi connectivity index (χ3v) is 2.60. The Morgan fingerprint density at radius 2 is 1.65 bits per heavy atom. The predicted octanol–water partition coefficient (Wildman–Crippen LogP) is 2.07. The van der Waals surface area contributed by atoms with Crippen molar-refractivity contribution in [1.29, 1.82) is 0 Å². The number of hydrogen-bond acceptors (Lipinski definition) is 4.